The molecule has 0 saturated heterocycles. The third kappa shape index (κ3) is 4.18. The maximum atomic E-state index is 6.57. The van der Waals surface area contributed by atoms with Crippen molar-refractivity contribution in [2.45, 2.75) is 12.5 Å². The summed E-state index contributed by atoms with van der Waals surface area (Å²) in [7, 11) is 0. The van der Waals surface area contributed by atoms with Crippen molar-refractivity contribution in [2.24, 2.45) is 5.73 Å². The lowest BCUT2D eigenvalue weighted by Crippen LogP contribution is -2.14. The minimum atomic E-state index is -0.100. The second-order valence-electron chi connectivity index (χ2n) is 5.68. The summed E-state index contributed by atoms with van der Waals surface area (Å²) in [6, 6.07) is 31.0. The second kappa shape index (κ2) is 7.57. The van der Waals surface area contributed by atoms with Crippen LogP contribution in [-0.4, -0.2) is 0 Å². The van der Waals surface area contributed by atoms with Crippen molar-refractivity contribution in [2.75, 3.05) is 0 Å². The quantitative estimate of drug-likeness (QED) is 0.704. The summed E-state index contributed by atoms with van der Waals surface area (Å²) in [5.41, 5.74) is 11.4. The highest BCUT2D eigenvalue weighted by Crippen LogP contribution is 2.24. The molecule has 1 unspecified atom stereocenters. The Morgan fingerprint density at radius 2 is 1.26 bits per heavy atom. The molecule has 0 aliphatic rings. The summed E-state index contributed by atoms with van der Waals surface area (Å²) in [5, 5.41) is 0. The zero-order valence-electron chi connectivity index (χ0n) is 13.1. The van der Waals surface area contributed by atoms with Crippen LogP contribution in [0.1, 0.15) is 22.7 Å². The van der Waals surface area contributed by atoms with Gasteiger partial charge in [0.05, 0.1) is 6.04 Å². The average molecular weight is 299 g/mol. The summed E-state index contributed by atoms with van der Waals surface area (Å²) < 4.78 is 0. The van der Waals surface area contributed by atoms with E-state index in [4.69, 9.17) is 5.73 Å². The van der Waals surface area contributed by atoms with Crippen LogP contribution in [0.3, 0.4) is 0 Å². The molecular weight excluding hydrogens is 278 g/mol. The van der Waals surface area contributed by atoms with E-state index in [1.54, 1.807) is 0 Å². The van der Waals surface area contributed by atoms with Gasteiger partial charge in [-0.1, -0.05) is 97.1 Å². The fourth-order valence-electron chi connectivity index (χ4n) is 2.72. The van der Waals surface area contributed by atoms with Crippen LogP contribution in [0.5, 0.6) is 0 Å². The molecule has 0 saturated carbocycles. The Hall–Kier alpha value is -2.64. The van der Waals surface area contributed by atoms with E-state index >= 15 is 0 Å². The summed E-state index contributed by atoms with van der Waals surface area (Å²) in [6.07, 6.45) is 3.07. The lowest BCUT2D eigenvalue weighted by Gasteiger charge is -2.17. The normalized spacial score (nSPS) is 12.8. The summed E-state index contributed by atoms with van der Waals surface area (Å²) in [4.78, 5) is 0. The van der Waals surface area contributed by atoms with Crippen LogP contribution in [0, 0.1) is 0 Å². The molecule has 23 heavy (non-hydrogen) atoms. The van der Waals surface area contributed by atoms with E-state index < -0.39 is 0 Å². The van der Waals surface area contributed by atoms with Gasteiger partial charge in [-0.3, -0.25) is 0 Å². The zero-order chi connectivity index (χ0) is 15.9. The standard InChI is InChI=1S/C22H21N/c23-22(20-14-8-3-9-15-20)21(16-18-10-4-1-5-11-18)17-19-12-6-2-7-13-19/h1-16,22H,17,23H2/b21-16+. The minimum Gasteiger partial charge on any atom is -0.321 e. The Morgan fingerprint density at radius 3 is 1.87 bits per heavy atom. The number of hydrogen-bond donors (Lipinski definition) is 1. The fraction of sp³-hybridized carbons (Fsp3) is 0.0909. The molecule has 0 amide bonds. The fourth-order valence-corrected chi connectivity index (χ4v) is 2.72. The van der Waals surface area contributed by atoms with Gasteiger partial charge in [-0.05, 0) is 28.7 Å². The molecule has 0 aliphatic carbocycles. The Labute approximate surface area is 138 Å². The van der Waals surface area contributed by atoms with Crippen molar-refractivity contribution in [1.29, 1.82) is 0 Å². The lowest BCUT2D eigenvalue weighted by atomic mass is 9.92. The largest absolute Gasteiger partial charge is 0.321 e. The molecule has 0 spiro atoms. The molecule has 3 aromatic rings. The molecule has 3 aromatic carbocycles. The third-order valence-corrected chi connectivity index (χ3v) is 3.96. The first-order valence-corrected chi connectivity index (χ1v) is 7.93. The van der Waals surface area contributed by atoms with Gasteiger partial charge in [0.1, 0.15) is 0 Å². The van der Waals surface area contributed by atoms with Crippen molar-refractivity contribution in [3.05, 3.63) is 113 Å². The van der Waals surface area contributed by atoms with E-state index in [-0.39, 0.29) is 6.04 Å². The molecule has 0 aliphatic heterocycles. The van der Waals surface area contributed by atoms with Crippen molar-refractivity contribution in [1.82, 2.24) is 0 Å². The van der Waals surface area contributed by atoms with E-state index in [1.165, 1.54) is 16.7 Å². The molecule has 1 heteroatoms. The van der Waals surface area contributed by atoms with E-state index in [9.17, 15) is 0 Å². The van der Waals surface area contributed by atoms with Crippen LogP contribution in [0.25, 0.3) is 6.08 Å². The third-order valence-electron chi connectivity index (χ3n) is 3.96. The lowest BCUT2D eigenvalue weighted by molar-refractivity contribution is 0.819. The topological polar surface area (TPSA) is 26.0 Å². The van der Waals surface area contributed by atoms with Crippen molar-refractivity contribution < 1.29 is 0 Å². The molecule has 2 N–H and O–H groups in total. The Balaban J connectivity index is 1.94. The predicted octanol–water partition coefficient (Wildman–Crippen LogP) is 5.01. The molecule has 1 nitrogen and oxygen atoms in total. The Bertz CT molecular complexity index is 746. The Kier molecular flexibility index (Phi) is 5.02. The van der Waals surface area contributed by atoms with Crippen LogP contribution in [0.2, 0.25) is 0 Å². The zero-order valence-corrected chi connectivity index (χ0v) is 13.1. The molecule has 0 radical (unpaired) electrons. The van der Waals surface area contributed by atoms with Crippen LogP contribution in [0.15, 0.2) is 96.6 Å². The summed E-state index contributed by atoms with van der Waals surface area (Å²) >= 11 is 0. The van der Waals surface area contributed by atoms with Gasteiger partial charge in [-0.15, -0.1) is 0 Å². The first-order chi connectivity index (χ1) is 11.3. The van der Waals surface area contributed by atoms with Gasteiger partial charge >= 0.3 is 0 Å². The van der Waals surface area contributed by atoms with Gasteiger partial charge in [0, 0.05) is 0 Å². The van der Waals surface area contributed by atoms with E-state index in [0.717, 1.165) is 12.0 Å². The molecular formula is C22H21N. The number of benzene rings is 3. The molecule has 0 fully saturated rings. The number of hydrogen-bond acceptors (Lipinski definition) is 1. The SMILES string of the molecule is NC(/C(=C/c1ccccc1)Cc1ccccc1)c1ccccc1. The van der Waals surface area contributed by atoms with Gasteiger partial charge in [0.25, 0.3) is 0 Å². The highest BCUT2D eigenvalue weighted by atomic mass is 14.6. The molecule has 3 rings (SSSR count). The van der Waals surface area contributed by atoms with Gasteiger partial charge in [-0.2, -0.15) is 0 Å². The number of nitrogens with two attached hydrogens (primary N) is 1. The summed E-state index contributed by atoms with van der Waals surface area (Å²) in [5.74, 6) is 0. The summed E-state index contributed by atoms with van der Waals surface area (Å²) in [6.45, 7) is 0. The van der Waals surface area contributed by atoms with Crippen LogP contribution in [0.4, 0.5) is 0 Å². The Morgan fingerprint density at radius 1 is 0.739 bits per heavy atom. The predicted molar refractivity (Wildman–Crippen MR) is 97.9 cm³/mol. The average Bonchev–Trinajstić information content (AvgIpc) is 2.63. The van der Waals surface area contributed by atoms with Crippen molar-refractivity contribution >= 4 is 6.08 Å². The molecule has 1 atom stereocenters. The van der Waals surface area contributed by atoms with Gasteiger partial charge in [0.15, 0.2) is 0 Å². The van der Waals surface area contributed by atoms with Crippen molar-refractivity contribution in [3.63, 3.8) is 0 Å². The van der Waals surface area contributed by atoms with E-state index in [0.29, 0.717) is 0 Å². The van der Waals surface area contributed by atoms with Crippen LogP contribution in [-0.2, 0) is 6.42 Å². The van der Waals surface area contributed by atoms with E-state index in [1.807, 2.05) is 30.3 Å². The smallest absolute Gasteiger partial charge is 0.0517 e. The van der Waals surface area contributed by atoms with Gasteiger partial charge < -0.3 is 5.73 Å². The first kappa shape index (κ1) is 15.3. The van der Waals surface area contributed by atoms with E-state index in [2.05, 4.69) is 66.7 Å². The highest BCUT2D eigenvalue weighted by molar-refractivity contribution is 5.56. The number of rotatable bonds is 5. The van der Waals surface area contributed by atoms with Gasteiger partial charge in [-0.25, -0.2) is 0 Å². The minimum absolute atomic E-state index is 0.100. The molecule has 0 heterocycles. The van der Waals surface area contributed by atoms with Crippen molar-refractivity contribution in [3.8, 4) is 0 Å². The maximum absolute atomic E-state index is 6.57. The van der Waals surface area contributed by atoms with Gasteiger partial charge in [0.2, 0.25) is 0 Å². The monoisotopic (exact) mass is 299 g/mol. The molecule has 0 aromatic heterocycles. The molecule has 0 bridgehead atoms. The first-order valence-electron chi connectivity index (χ1n) is 7.93. The molecule has 114 valence electrons. The second-order valence-corrected chi connectivity index (χ2v) is 5.68. The maximum Gasteiger partial charge on any atom is 0.0517 e. The van der Waals surface area contributed by atoms with Crippen LogP contribution < -0.4 is 5.73 Å². The van der Waals surface area contributed by atoms with Crippen LogP contribution >= 0.6 is 0 Å². The highest BCUT2D eigenvalue weighted by Gasteiger charge is 2.12.